The number of carbonyl (C=O) groups excluding carboxylic acids is 2. The van der Waals surface area contributed by atoms with Crippen molar-refractivity contribution >= 4 is 23.7 Å². The molecule has 3 amide bonds. The van der Waals surface area contributed by atoms with E-state index in [-0.39, 0.29) is 24.0 Å². The fourth-order valence-electron chi connectivity index (χ4n) is 4.30. The van der Waals surface area contributed by atoms with Crippen LogP contribution in [0.3, 0.4) is 0 Å². The van der Waals surface area contributed by atoms with E-state index in [2.05, 4.69) is 16.7 Å². The molecule has 7 heteroatoms. The van der Waals surface area contributed by atoms with Crippen molar-refractivity contribution in [3.63, 3.8) is 0 Å². The molecule has 3 heterocycles. The van der Waals surface area contributed by atoms with Crippen LogP contribution in [0.1, 0.15) is 36.8 Å². The average Bonchev–Trinajstić information content (AvgIpc) is 3.23. The second kappa shape index (κ2) is 8.00. The van der Waals surface area contributed by atoms with Crippen LogP contribution in [0.4, 0.5) is 4.79 Å². The Kier molecular flexibility index (Phi) is 5.48. The first kappa shape index (κ1) is 18.5. The van der Waals surface area contributed by atoms with Gasteiger partial charge in [-0.3, -0.25) is 4.79 Å². The maximum absolute atomic E-state index is 12.6. The van der Waals surface area contributed by atoms with Crippen LogP contribution in [0, 0.1) is 0 Å². The third-order valence-corrected chi connectivity index (χ3v) is 7.35. The van der Waals surface area contributed by atoms with Crippen molar-refractivity contribution in [2.45, 2.75) is 56.0 Å². The van der Waals surface area contributed by atoms with E-state index in [4.69, 9.17) is 4.74 Å². The molecule has 0 aromatic heterocycles. The van der Waals surface area contributed by atoms with Gasteiger partial charge in [-0.25, -0.2) is 4.79 Å². The number of nitrogens with one attached hydrogen (secondary N) is 2. The largest absolute Gasteiger partial charge is 0.497 e. The summed E-state index contributed by atoms with van der Waals surface area (Å²) in [7, 11) is 1.67. The molecule has 2 N–H and O–H groups in total. The van der Waals surface area contributed by atoms with Crippen LogP contribution in [0.15, 0.2) is 18.2 Å². The zero-order valence-electron chi connectivity index (χ0n) is 15.7. The van der Waals surface area contributed by atoms with Gasteiger partial charge in [-0.15, -0.1) is 0 Å². The summed E-state index contributed by atoms with van der Waals surface area (Å²) in [5.41, 5.74) is 2.52. The summed E-state index contributed by atoms with van der Waals surface area (Å²) in [6.45, 7) is 1.49. The maximum Gasteiger partial charge on any atom is 0.315 e. The number of hydrogen-bond donors (Lipinski definition) is 2. The van der Waals surface area contributed by atoms with Crippen molar-refractivity contribution in [3.05, 3.63) is 29.3 Å². The summed E-state index contributed by atoms with van der Waals surface area (Å²) in [6, 6.07) is 6.65. The van der Waals surface area contributed by atoms with Gasteiger partial charge in [0.1, 0.15) is 5.75 Å². The molecule has 6 nitrogen and oxygen atoms in total. The van der Waals surface area contributed by atoms with Crippen LogP contribution >= 0.6 is 11.8 Å². The van der Waals surface area contributed by atoms with E-state index in [0.29, 0.717) is 18.2 Å². The van der Waals surface area contributed by atoms with Gasteiger partial charge < -0.3 is 20.3 Å². The lowest BCUT2D eigenvalue weighted by Crippen LogP contribution is -2.37. The number of thioether (sulfide) groups is 1. The molecule has 3 aliphatic rings. The highest BCUT2D eigenvalue weighted by molar-refractivity contribution is 8.00. The fraction of sp³-hybridized carbons (Fsp3) is 0.600. The second-order valence-electron chi connectivity index (χ2n) is 7.57. The number of unbranched alkanes of at least 4 members (excludes halogenated alkanes) is 1. The minimum absolute atomic E-state index is 0.0347. The highest BCUT2D eigenvalue weighted by Gasteiger charge is 2.42. The van der Waals surface area contributed by atoms with Gasteiger partial charge in [0.2, 0.25) is 5.91 Å². The number of methoxy groups -OCH3 is 1. The molecule has 0 unspecified atom stereocenters. The van der Waals surface area contributed by atoms with E-state index in [1.54, 1.807) is 7.11 Å². The zero-order chi connectivity index (χ0) is 18.8. The van der Waals surface area contributed by atoms with Gasteiger partial charge in [-0.05, 0) is 42.5 Å². The SMILES string of the molecule is COc1ccc2c(c1)CN(C(=O)CCCC[C@@H]1SC[C@@H]3NC(=O)N[C@@H]31)CC2. The van der Waals surface area contributed by atoms with Gasteiger partial charge in [0.05, 0.1) is 19.2 Å². The van der Waals surface area contributed by atoms with Gasteiger partial charge in [0.25, 0.3) is 0 Å². The van der Waals surface area contributed by atoms with Crippen molar-refractivity contribution in [3.8, 4) is 5.75 Å². The quantitative estimate of drug-likeness (QED) is 0.579. The third kappa shape index (κ3) is 4.03. The van der Waals surface area contributed by atoms with Gasteiger partial charge in [0, 0.05) is 30.5 Å². The highest BCUT2D eigenvalue weighted by Crippen LogP contribution is 2.33. The number of hydrogen-bond acceptors (Lipinski definition) is 4. The molecule has 146 valence electrons. The van der Waals surface area contributed by atoms with Crippen LogP contribution in [0.5, 0.6) is 5.75 Å². The summed E-state index contributed by atoms with van der Waals surface area (Å²) in [6.07, 6.45) is 4.52. The number of amides is 3. The molecule has 1 aromatic carbocycles. The highest BCUT2D eigenvalue weighted by atomic mass is 32.2. The lowest BCUT2D eigenvalue weighted by Gasteiger charge is -2.29. The minimum Gasteiger partial charge on any atom is -0.497 e. The van der Waals surface area contributed by atoms with Crippen LogP contribution in [0.25, 0.3) is 0 Å². The van der Waals surface area contributed by atoms with Gasteiger partial charge in [0.15, 0.2) is 0 Å². The molecule has 3 aliphatic heterocycles. The Morgan fingerprint density at radius 2 is 2.19 bits per heavy atom. The van der Waals surface area contributed by atoms with Crippen LogP contribution < -0.4 is 15.4 Å². The lowest BCUT2D eigenvalue weighted by atomic mass is 9.98. The fourth-order valence-corrected chi connectivity index (χ4v) is 5.84. The first-order valence-corrected chi connectivity index (χ1v) is 10.8. The minimum atomic E-state index is -0.0347. The zero-order valence-corrected chi connectivity index (χ0v) is 16.5. The van der Waals surface area contributed by atoms with Crippen LogP contribution in [-0.4, -0.2) is 53.6 Å². The molecule has 2 fully saturated rings. The van der Waals surface area contributed by atoms with Crippen molar-refractivity contribution in [2.75, 3.05) is 19.4 Å². The van der Waals surface area contributed by atoms with Gasteiger partial charge in [-0.2, -0.15) is 11.8 Å². The van der Waals surface area contributed by atoms with E-state index >= 15 is 0 Å². The Morgan fingerprint density at radius 1 is 1.30 bits per heavy atom. The van der Waals surface area contributed by atoms with Crippen LogP contribution in [-0.2, 0) is 17.8 Å². The van der Waals surface area contributed by atoms with Crippen molar-refractivity contribution < 1.29 is 14.3 Å². The monoisotopic (exact) mass is 389 g/mol. The van der Waals surface area contributed by atoms with Crippen molar-refractivity contribution in [1.82, 2.24) is 15.5 Å². The number of benzene rings is 1. The number of nitrogens with zero attached hydrogens (tertiary/aromatic N) is 1. The Balaban J connectivity index is 1.21. The first-order chi connectivity index (χ1) is 13.1. The molecule has 0 bridgehead atoms. The molecule has 4 rings (SSSR count). The molecule has 0 spiro atoms. The predicted molar refractivity (Wildman–Crippen MR) is 106 cm³/mol. The molecule has 2 saturated heterocycles. The molecule has 1 aromatic rings. The van der Waals surface area contributed by atoms with Gasteiger partial charge >= 0.3 is 6.03 Å². The Bertz CT molecular complexity index is 726. The van der Waals surface area contributed by atoms with E-state index in [9.17, 15) is 9.59 Å². The normalized spacial score (nSPS) is 26.2. The first-order valence-electron chi connectivity index (χ1n) is 9.76. The number of urea groups is 1. The van der Waals surface area contributed by atoms with E-state index in [1.807, 2.05) is 28.8 Å². The summed E-state index contributed by atoms with van der Waals surface area (Å²) >= 11 is 1.93. The van der Waals surface area contributed by atoms with Crippen molar-refractivity contribution in [2.24, 2.45) is 0 Å². The standard InChI is InChI=1S/C20H27N3O3S/c1-26-15-7-6-13-8-9-23(11-14(13)10-15)18(24)5-3-2-4-17-19-16(12-27-17)21-20(25)22-19/h6-7,10,16-17,19H,2-5,8-9,11-12H2,1H3,(H2,21,22,25)/t16-,17-,19-/m0/s1. The van der Waals surface area contributed by atoms with Crippen LogP contribution in [0.2, 0.25) is 0 Å². The summed E-state index contributed by atoms with van der Waals surface area (Å²) in [5.74, 6) is 2.09. The molecule has 3 atom stereocenters. The number of ether oxygens (including phenoxy) is 1. The average molecular weight is 390 g/mol. The number of fused-ring (bicyclic) bond motifs is 2. The Labute approximate surface area is 164 Å². The Morgan fingerprint density at radius 3 is 3.04 bits per heavy atom. The molecule has 0 aliphatic carbocycles. The van der Waals surface area contributed by atoms with E-state index < -0.39 is 0 Å². The molecular weight excluding hydrogens is 362 g/mol. The molecular formula is C20H27N3O3S. The smallest absolute Gasteiger partial charge is 0.315 e. The maximum atomic E-state index is 12.6. The van der Waals surface area contributed by atoms with E-state index in [0.717, 1.165) is 43.7 Å². The lowest BCUT2D eigenvalue weighted by molar-refractivity contribution is -0.132. The second-order valence-corrected chi connectivity index (χ2v) is 8.84. The summed E-state index contributed by atoms with van der Waals surface area (Å²) in [5, 5.41) is 6.47. The molecule has 0 saturated carbocycles. The topological polar surface area (TPSA) is 70.7 Å². The van der Waals surface area contributed by atoms with E-state index in [1.165, 1.54) is 11.1 Å². The molecule has 0 radical (unpaired) electrons. The molecule has 27 heavy (non-hydrogen) atoms. The predicted octanol–water partition coefficient (Wildman–Crippen LogP) is 2.31. The number of carbonyl (C=O) groups is 2. The van der Waals surface area contributed by atoms with Crippen molar-refractivity contribution in [1.29, 1.82) is 0 Å². The van der Waals surface area contributed by atoms with Gasteiger partial charge in [-0.1, -0.05) is 12.5 Å². The summed E-state index contributed by atoms with van der Waals surface area (Å²) < 4.78 is 5.30. The summed E-state index contributed by atoms with van der Waals surface area (Å²) in [4.78, 5) is 26.0. The number of rotatable bonds is 6. The Hall–Kier alpha value is -1.89. The third-order valence-electron chi connectivity index (χ3n) is 5.85.